The van der Waals surface area contributed by atoms with E-state index in [4.69, 9.17) is 4.74 Å². The third-order valence-electron chi connectivity index (χ3n) is 5.31. The van der Waals surface area contributed by atoms with Gasteiger partial charge in [0.05, 0.1) is 13.0 Å². The van der Waals surface area contributed by atoms with Gasteiger partial charge < -0.3 is 9.64 Å². The first-order valence-corrected chi connectivity index (χ1v) is 9.40. The van der Waals surface area contributed by atoms with Gasteiger partial charge in [0.25, 0.3) is 0 Å². The summed E-state index contributed by atoms with van der Waals surface area (Å²) in [5.74, 6) is 1.48. The molecule has 1 atom stereocenters. The van der Waals surface area contributed by atoms with E-state index in [1.165, 1.54) is 31.2 Å². The Morgan fingerprint density at radius 3 is 2.60 bits per heavy atom. The van der Waals surface area contributed by atoms with E-state index in [0.29, 0.717) is 5.91 Å². The number of rotatable bonds is 4. The normalized spacial score (nSPS) is 22.0. The molecule has 5 heteroatoms. The summed E-state index contributed by atoms with van der Waals surface area (Å²) in [4.78, 5) is 17.4. The number of benzene rings is 1. The lowest BCUT2D eigenvalue weighted by Crippen LogP contribution is -2.44. The molecule has 0 saturated carbocycles. The van der Waals surface area contributed by atoms with Gasteiger partial charge in [-0.1, -0.05) is 25.0 Å². The molecule has 2 saturated heterocycles. The van der Waals surface area contributed by atoms with E-state index in [2.05, 4.69) is 21.9 Å². The van der Waals surface area contributed by atoms with Crippen LogP contribution in [0.25, 0.3) is 0 Å². The van der Waals surface area contributed by atoms with E-state index < -0.39 is 0 Å². The summed E-state index contributed by atoms with van der Waals surface area (Å²) in [5, 5.41) is 0. The van der Waals surface area contributed by atoms with Gasteiger partial charge in [0.15, 0.2) is 0 Å². The van der Waals surface area contributed by atoms with Crippen LogP contribution in [0.4, 0.5) is 0 Å². The van der Waals surface area contributed by atoms with Gasteiger partial charge in [0.2, 0.25) is 5.91 Å². The van der Waals surface area contributed by atoms with Gasteiger partial charge in [-0.05, 0) is 49.9 Å². The van der Waals surface area contributed by atoms with Crippen LogP contribution in [0.5, 0.6) is 5.75 Å². The molecule has 140 valence electrons. The number of piperidine rings is 1. The number of hydrogen-bond donors (Lipinski definition) is 0. The molecule has 2 heterocycles. The van der Waals surface area contributed by atoms with Crippen LogP contribution in [0, 0.1) is 5.92 Å². The number of nitrogens with zero attached hydrogens (tertiary/aromatic N) is 2. The molecule has 1 amide bonds. The fraction of sp³-hybridized carbons (Fsp3) is 0.650. The lowest BCUT2D eigenvalue weighted by Gasteiger charge is -2.34. The SMILES string of the molecule is COc1cccc(CN2CCCC(C(=O)N3CCCCCC3)C2)c1.Cl. The Balaban J connectivity index is 0.00000225. The third kappa shape index (κ3) is 5.61. The Bertz CT molecular complexity index is 544. The number of carbonyl (C=O) groups is 1. The van der Waals surface area contributed by atoms with E-state index in [-0.39, 0.29) is 18.3 Å². The van der Waals surface area contributed by atoms with E-state index in [1.807, 2.05) is 12.1 Å². The Hall–Kier alpha value is -1.26. The molecule has 0 aromatic heterocycles. The molecular formula is C20H31ClN2O2. The van der Waals surface area contributed by atoms with Crippen molar-refractivity contribution in [2.24, 2.45) is 5.92 Å². The van der Waals surface area contributed by atoms with Gasteiger partial charge >= 0.3 is 0 Å². The van der Waals surface area contributed by atoms with Crippen molar-refractivity contribution >= 4 is 18.3 Å². The van der Waals surface area contributed by atoms with Crippen LogP contribution in [-0.4, -0.2) is 49.0 Å². The van der Waals surface area contributed by atoms with E-state index in [9.17, 15) is 4.79 Å². The highest BCUT2D eigenvalue weighted by Gasteiger charge is 2.29. The molecule has 4 nitrogen and oxygen atoms in total. The van der Waals surface area contributed by atoms with Crippen LogP contribution >= 0.6 is 12.4 Å². The van der Waals surface area contributed by atoms with Crippen molar-refractivity contribution in [3.8, 4) is 5.75 Å². The molecule has 1 unspecified atom stereocenters. The van der Waals surface area contributed by atoms with Gasteiger partial charge in [0.1, 0.15) is 5.75 Å². The predicted molar refractivity (Wildman–Crippen MR) is 103 cm³/mol. The zero-order valence-electron chi connectivity index (χ0n) is 15.3. The maximum absolute atomic E-state index is 12.9. The summed E-state index contributed by atoms with van der Waals surface area (Å²) in [5.41, 5.74) is 1.26. The number of ether oxygens (including phenoxy) is 1. The summed E-state index contributed by atoms with van der Waals surface area (Å²) < 4.78 is 5.32. The first-order chi connectivity index (χ1) is 11.8. The van der Waals surface area contributed by atoms with Gasteiger partial charge in [-0.3, -0.25) is 9.69 Å². The Labute approximate surface area is 157 Å². The molecule has 0 bridgehead atoms. The predicted octanol–water partition coefficient (Wildman–Crippen LogP) is 3.73. The largest absolute Gasteiger partial charge is 0.497 e. The maximum Gasteiger partial charge on any atom is 0.226 e. The zero-order valence-corrected chi connectivity index (χ0v) is 16.1. The molecule has 2 fully saturated rings. The molecule has 0 radical (unpaired) electrons. The van der Waals surface area contributed by atoms with Gasteiger partial charge in [-0.15, -0.1) is 12.4 Å². The van der Waals surface area contributed by atoms with E-state index >= 15 is 0 Å². The van der Waals surface area contributed by atoms with Gasteiger partial charge in [-0.2, -0.15) is 0 Å². The average molecular weight is 367 g/mol. The second-order valence-corrected chi connectivity index (χ2v) is 7.17. The summed E-state index contributed by atoms with van der Waals surface area (Å²) >= 11 is 0. The van der Waals surface area contributed by atoms with E-state index in [0.717, 1.165) is 51.3 Å². The number of amides is 1. The number of carbonyl (C=O) groups excluding carboxylic acids is 1. The minimum atomic E-state index is 0. The monoisotopic (exact) mass is 366 g/mol. The quantitative estimate of drug-likeness (QED) is 0.813. The molecular weight excluding hydrogens is 336 g/mol. The van der Waals surface area contributed by atoms with Crippen LogP contribution < -0.4 is 4.74 Å². The second-order valence-electron chi connectivity index (χ2n) is 7.17. The lowest BCUT2D eigenvalue weighted by atomic mass is 9.96. The average Bonchev–Trinajstić information content (AvgIpc) is 2.91. The maximum atomic E-state index is 12.9. The van der Waals surface area contributed by atoms with Crippen molar-refractivity contribution in [3.63, 3.8) is 0 Å². The molecule has 1 aromatic carbocycles. The molecule has 0 aliphatic carbocycles. The first kappa shape index (κ1) is 20.1. The second kappa shape index (κ2) is 10.0. The Morgan fingerprint density at radius 2 is 1.88 bits per heavy atom. The standard InChI is InChI=1S/C20H30N2O2.ClH/c1-24-19-10-6-8-17(14-19)15-21-11-7-9-18(16-21)20(23)22-12-4-2-3-5-13-22;/h6,8,10,14,18H,2-5,7,9,11-13,15-16H2,1H3;1H. The van der Waals surface area contributed by atoms with Crippen molar-refractivity contribution in [2.45, 2.75) is 45.1 Å². The first-order valence-electron chi connectivity index (χ1n) is 9.40. The van der Waals surface area contributed by atoms with Crippen molar-refractivity contribution in [1.82, 2.24) is 9.80 Å². The van der Waals surface area contributed by atoms with Crippen LogP contribution in [0.15, 0.2) is 24.3 Å². The topological polar surface area (TPSA) is 32.8 Å². The molecule has 2 aliphatic heterocycles. The van der Waals surface area contributed by atoms with Crippen molar-refractivity contribution in [2.75, 3.05) is 33.3 Å². The molecule has 0 spiro atoms. The lowest BCUT2D eigenvalue weighted by molar-refractivity contribution is -0.137. The van der Waals surface area contributed by atoms with Crippen molar-refractivity contribution in [3.05, 3.63) is 29.8 Å². The Morgan fingerprint density at radius 1 is 1.12 bits per heavy atom. The highest BCUT2D eigenvalue weighted by Crippen LogP contribution is 2.23. The Kier molecular flexibility index (Phi) is 8.04. The molecule has 25 heavy (non-hydrogen) atoms. The number of likely N-dealkylation sites (tertiary alicyclic amines) is 2. The summed E-state index contributed by atoms with van der Waals surface area (Å²) in [6, 6.07) is 8.26. The van der Waals surface area contributed by atoms with Crippen LogP contribution in [0.1, 0.15) is 44.1 Å². The summed E-state index contributed by atoms with van der Waals surface area (Å²) in [6.45, 7) is 4.81. The minimum Gasteiger partial charge on any atom is -0.497 e. The smallest absolute Gasteiger partial charge is 0.226 e. The number of hydrogen-bond acceptors (Lipinski definition) is 3. The number of methoxy groups -OCH3 is 1. The van der Waals surface area contributed by atoms with Crippen LogP contribution in [-0.2, 0) is 11.3 Å². The molecule has 2 aliphatic rings. The fourth-order valence-electron chi connectivity index (χ4n) is 3.98. The zero-order chi connectivity index (χ0) is 16.8. The van der Waals surface area contributed by atoms with Gasteiger partial charge in [0, 0.05) is 26.2 Å². The molecule has 0 N–H and O–H groups in total. The van der Waals surface area contributed by atoms with Crippen molar-refractivity contribution < 1.29 is 9.53 Å². The minimum absolute atomic E-state index is 0. The molecule has 1 aromatic rings. The summed E-state index contributed by atoms with van der Waals surface area (Å²) in [7, 11) is 1.70. The summed E-state index contributed by atoms with van der Waals surface area (Å²) in [6.07, 6.45) is 7.06. The van der Waals surface area contributed by atoms with E-state index in [1.54, 1.807) is 7.11 Å². The third-order valence-corrected chi connectivity index (χ3v) is 5.31. The van der Waals surface area contributed by atoms with Crippen LogP contribution in [0.2, 0.25) is 0 Å². The fourth-order valence-corrected chi connectivity index (χ4v) is 3.98. The van der Waals surface area contributed by atoms with Gasteiger partial charge in [-0.25, -0.2) is 0 Å². The van der Waals surface area contributed by atoms with Crippen molar-refractivity contribution in [1.29, 1.82) is 0 Å². The van der Waals surface area contributed by atoms with Crippen LogP contribution in [0.3, 0.4) is 0 Å². The highest BCUT2D eigenvalue weighted by atomic mass is 35.5. The molecule has 3 rings (SSSR count). The number of halogens is 1. The highest BCUT2D eigenvalue weighted by molar-refractivity contribution is 5.85.